The lowest BCUT2D eigenvalue weighted by molar-refractivity contribution is 0.104. The minimum atomic E-state index is -4.36. The van der Waals surface area contributed by atoms with Crippen molar-refractivity contribution in [3.05, 3.63) is 64.1 Å². The molecule has 0 saturated carbocycles. The van der Waals surface area contributed by atoms with Crippen molar-refractivity contribution in [1.82, 2.24) is 0 Å². The van der Waals surface area contributed by atoms with Gasteiger partial charge in [-0.25, -0.2) is 0 Å². The molecule has 0 amide bonds. The zero-order chi connectivity index (χ0) is 16.4. The largest absolute Gasteiger partial charge is 0.294 e. The third-order valence-corrected chi connectivity index (χ3v) is 5.60. The number of halogens is 1. The summed E-state index contributed by atoms with van der Waals surface area (Å²) in [6.07, 6.45) is 0. The van der Waals surface area contributed by atoms with E-state index >= 15 is 0 Å². The summed E-state index contributed by atoms with van der Waals surface area (Å²) >= 11 is 3.49. The quantitative estimate of drug-likeness (QED) is 0.499. The van der Waals surface area contributed by atoms with Gasteiger partial charge in [-0.2, -0.15) is 8.42 Å². The molecule has 1 aliphatic carbocycles. The molecule has 4 nitrogen and oxygen atoms in total. The van der Waals surface area contributed by atoms with E-state index in [1.807, 2.05) is 18.2 Å². The summed E-state index contributed by atoms with van der Waals surface area (Å²) < 4.78 is 32.8. The van der Waals surface area contributed by atoms with E-state index in [0.717, 1.165) is 20.8 Å². The number of carbonyl (C=O) groups is 1. The molecule has 0 unspecified atom stereocenters. The van der Waals surface area contributed by atoms with E-state index in [4.69, 9.17) is 0 Å². The van der Waals surface area contributed by atoms with Crippen LogP contribution >= 0.6 is 15.9 Å². The van der Waals surface area contributed by atoms with Crippen LogP contribution in [0.1, 0.15) is 15.9 Å². The lowest BCUT2D eigenvalue weighted by Crippen LogP contribution is -2.11. The van der Waals surface area contributed by atoms with Gasteiger partial charge in [0, 0.05) is 21.0 Å². The normalized spacial score (nSPS) is 13.2. The Bertz CT molecular complexity index is 1120. The molecule has 0 aliphatic heterocycles. The monoisotopic (exact) mass is 388 g/mol. The number of rotatable bonds is 1. The fourth-order valence-corrected chi connectivity index (χ4v) is 4.01. The van der Waals surface area contributed by atoms with E-state index in [1.165, 1.54) is 12.1 Å². The van der Waals surface area contributed by atoms with Crippen molar-refractivity contribution in [3.63, 3.8) is 0 Å². The number of hydrogen-bond acceptors (Lipinski definition) is 3. The van der Waals surface area contributed by atoms with Gasteiger partial charge in [0.15, 0.2) is 5.78 Å². The first-order chi connectivity index (χ1) is 10.9. The molecule has 0 spiro atoms. The molecule has 3 aromatic carbocycles. The van der Waals surface area contributed by atoms with Crippen molar-refractivity contribution >= 4 is 42.6 Å². The van der Waals surface area contributed by atoms with Crippen molar-refractivity contribution in [1.29, 1.82) is 0 Å². The maximum absolute atomic E-state index is 12.8. The summed E-state index contributed by atoms with van der Waals surface area (Å²) in [5.74, 6) is -0.248. The number of benzene rings is 3. The molecule has 0 bridgehead atoms. The van der Waals surface area contributed by atoms with E-state index in [9.17, 15) is 17.8 Å². The van der Waals surface area contributed by atoms with Gasteiger partial charge in [-0.3, -0.25) is 9.35 Å². The summed E-state index contributed by atoms with van der Waals surface area (Å²) in [4.78, 5) is 12.5. The second-order valence-corrected chi connectivity index (χ2v) is 7.61. The van der Waals surface area contributed by atoms with Crippen LogP contribution in [0, 0.1) is 0 Å². The number of hydrogen-bond donors (Lipinski definition) is 1. The average Bonchev–Trinajstić information content (AvgIpc) is 2.52. The van der Waals surface area contributed by atoms with Gasteiger partial charge < -0.3 is 0 Å². The van der Waals surface area contributed by atoms with Gasteiger partial charge in [-0.1, -0.05) is 46.3 Å². The highest BCUT2D eigenvalue weighted by molar-refractivity contribution is 9.10. The van der Waals surface area contributed by atoms with E-state index < -0.39 is 10.1 Å². The Hall–Kier alpha value is -2.02. The van der Waals surface area contributed by atoms with Crippen molar-refractivity contribution in [2.75, 3.05) is 0 Å². The van der Waals surface area contributed by atoms with Crippen LogP contribution in [0.15, 0.2) is 57.9 Å². The third kappa shape index (κ3) is 2.06. The molecule has 23 heavy (non-hydrogen) atoms. The van der Waals surface area contributed by atoms with Crippen LogP contribution in [-0.2, 0) is 10.1 Å². The fraction of sp³-hybridized carbons (Fsp3) is 0. The van der Waals surface area contributed by atoms with Crippen LogP contribution < -0.4 is 0 Å². The van der Waals surface area contributed by atoms with Crippen LogP contribution in [-0.4, -0.2) is 18.8 Å². The molecule has 0 radical (unpaired) electrons. The first-order valence-electron chi connectivity index (χ1n) is 6.76. The van der Waals surface area contributed by atoms with E-state index in [2.05, 4.69) is 15.9 Å². The van der Waals surface area contributed by atoms with Gasteiger partial charge in [0.1, 0.15) is 0 Å². The number of carbonyl (C=O) groups excluding carboxylic acids is 1. The van der Waals surface area contributed by atoms with Gasteiger partial charge >= 0.3 is 0 Å². The molecule has 0 heterocycles. The predicted molar refractivity (Wildman–Crippen MR) is 90.3 cm³/mol. The van der Waals surface area contributed by atoms with Crippen LogP contribution in [0.25, 0.3) is 21.9 Å². The molecule has 0 fully saturated rings. The van der Waals surface area contributed by atoms with Crippen molar-refractivity contribution in [2.24, 2.45) is 0 Å². The summed E-state index contributed by atoms with van der Waals surface area (Å²) in [5, 5.41) is 1.77. The Labute approximate surface area is 140 Å². The predicted octanol–water partition coefficient (Wildman–Crippen LogP) is 4.06. The van der Waals surface area contributed by atoms with E-state index in [0.29, 0.717) is 11.1 Å². The second-order valence-electron chi connectivity index (χ2n) is 5.33. The van der Waals surface area contributed by atoms with E-state index in [1.54, 1.807) is 18.2 Å². The highest BCUT2D eigenvalue weighted by Gasteiger charge is 2.27. The highest BCUT2D eigenvalue weighted by atomic mass is 79.9. The first kappa shape index (κ1) is 14.6. The standard InChI is InChI=1S/C17H9BrO4S/c18-15-7-6-11-10-5-4-9(23(20,21)22)8-14(10)17(19)13-3-1-2-12(15)16(11)13/h1-8H,(H,20,21,22). The minimum Gasteiger partial charge on any atom is -0.289 e. The molecule has 0 aromatic heterocycles. The Morgan fingerprint density at radius 2 is 1.61 bits per heavy atom. The van der Waals surface area contributed by atoms with Crippen LogP contribution in [0.2, 0.25) is 0 Å². The van der Waals surface area contributed by atoms with E-state index in [-0.39, 0.29) is 16.2 Å². The molecule has 6 heteroatoms. The maximum atomic E-state index is 12.8. The van der Waals surface area contributed by atoms with Gasteiger partial charge in [0.25, 0.3) is 10.1 Å². The van der Waals surface area contributed by atoms with Crippen molar-refractivity contribution in [3.8, 4) is 11.1 Å². The molecule has 4 rings (SSSR count). The van der Waals surface area contributed by atoms with Gasteiger partial charge in [0.05, 0.1) is 4.90 Å². The number of fused-ring (bicyclic) bond motifs is 2. The third-order valence-electron chi connectivity index (χ3n) is 4.06. The molecule has 114 valence electrons. The van der Waals surface area contributed by atoms with Gasteiger partial charge in [0.2, 0.25) is 0 Å². The SMILES string of the molecule is O=C1c2cc(S(=O)(=O)O)ccc2-c2ccc(Br)c3cccc1c23. The maximum Gasteiger partial charge on any atom is 0.294 e. The highest BCUT2D eigenvalue weighted by Crippen LogP contribution is 2.42. The molecular formula is C17H9BrO4S. The summed E-state index contributed by atoms with van der Waals surface area (Å²) in [7, 11) is -4.36. The zero-order valence-electron chi connectivity index (χ0n) is 11.6. The molecule has 1 aliphatic rings. The number of ketones is 1. The average molecular weight is 389 g/mol. The molecule has 0 saturated heterocycles. The lowest BCUT2D eigenvalue weighted by atomic mass is 9.83. The smallest absolute Gasteiger partial charge is 0.289 e. The second kappa shape index (κ2) is 4.74. The Morgan fingerprint density at radius 1 is 0.870 bits per heavy atom. The van der Waals surface area contributed by atoms with Crippen LogP contribution in [0.4, 0.5) is 0 Å². The minimum absolute atomic E-state index is 0.248. The molecular weight excluding hydrogens is 380 g/mol. The van der Waals surface area contributed by atoms with Gasteiger partial charge in [-0.05, 0) is 34.7 Å². The first-order valence-corrected chi connectivity index (χ1v) is 8.99. The van der Waals surface area contributed by atoms with Crippen molar-refractivity contribution in [2.45, 2.75) is 4.90 Å². The van der Waals surface area contributed by atoms with Crippen LogP contribution in [0.5, 0.6) is 0 Å². The van der Waals surface area contributed by atoms with Crippen molar-refractivity contribution < 1.29 is 17.8 Å². The molecule has 3 aromatic rings. The van der Waals surface area contributed by atoms with Crippen LogP contribution in [0.3, 0.4) is 0 Å². The fourth-order valence-electron chi connectivity index (χ4n) is 3.04. The molecule has 0 atom stereocenters. The Morgan fingerprint density at radius 3 is 2.35 bits per heavy atom. The lowest BCUT2D eigenvalue weighted by Gasteiger charge is -2.20. The van der Waals surface area contributed by atoms with Gasteiger partial charge in [-0.15, -0.1) is 0 Å². The zero-order valence-corrected chi connectivity index (χ0v) is 14.0. The Kier molecular flexibility index (Phi) is 3.00. The topological polar surface area (TPSA) is 71.4 Å². The Balaban J connectivity index is 2.15. The molecule has 1 N–H and O–H groups in total. The summed E-state index contributed by atoms with van der Waals surface area (Å²) in [6.45, 7) is 0. The summed E-state index contributed by atoms with van der Waals surface area (Å²) in [5.41, 5.74) is 2.34. The summed E-state index contributed by atoms with van der Waals surface area (Å²) in [6, 6.07) is 13.4.